The highest BCUT2D eigenvalue weighted by Crippen LogP contribution is 2.17. The van der Waals surface area contributed by atoms with Crippen molar-refractivity contribution in [2.24, 2.45) is 0 Å². The number of hydrogen-bond acceptors (Lipinski definition) is 5. The van der Waals surface area contributed by atoms with Crippen LogP contribution in [0.15, 0.2) is 59.5 Å². The van der Waals surface area contributed by atoms with Gasteiger partial charge in [-0.3, -0.25) is 14.9 Å². The molecule has 0 spiro atoms. The molecule has 0 bridgehead atoms. The van der Waals surface area contributed by atoms with Gasteiger partial charge in [0.2, 0.25) is 5.91 Å². The maximum atomic E-state index is 11.7. The lowest BCUT2D eigenvalue weighted by molar-refractivity contribution is -0.384. The summed E-state index contributed by atoms with van der Waals surface area (Å²) in [6, 6.07) is 16.2. The predicted molar refractivity (Wildman–Crippen MR) is 96.4 cm³/mol. The van der Waals surface area contributed by atoms with Crippen molar-refractivity contribution in [3.63, 3.8) is 0 Å². The van der Waals surface area contributed by atoms with Crippen LogP contribution in [0.1, 0.15) is 6.42 Å². The molecule has 126 valence electrons. The van der Waals surface area contributed by atoms with Crippen LogP contribution in [-0.2, 0) is 4.79 Å². The van der Waals surface area contributed by atoms with E-state index >= 15 is 0 Å². The molecule has 2 N–H and O–H groups in total. The number of nitrogens with one attached hydrogen (secondary N) is 2. The topological polar surface area (TPSA) is 84.3 Å². The average molecular weight is 345 g/mol. The molecule has 0 saturated heterocycles. The van der Waals surface area contributed by atoms with E-state index in [2.05, 4.69) is 10.6 Å². The molecule has 24 heavy (non-hydrogen) atoms. The first-order valence-corrected chi connectivity index (χ1v) is 8.56. The van der Waals surface area contributed by atoms with Crippen molar-refractivity contribution in [1.29, 1.82) is 0 Å². The standard InChI is InChI=1S/C17H19N3O3S/c21-17(10-13-24-16-4-2-1-3-5-16)19-12-11-18-14-6-8-15(9-7-14)20(22)23/h1-9,18H,10-13H2,(H,19,21). The minimum Gasteiger partial charge on any atom is -0.383 e. The van der Waals surface area contributed by atoms with Crippen molar-refractivity contribution in [2.75, 3.05) is 24.2 Å². The van der Waals surface area contributed by atoms with Gasteiger partial charge in [0.1, 0.15) is 0 Å². The van der Waals surface area contributed by atoms with Gasteiger partial charge < -0.3 is 10.6 Å². The van der Waals surface area contributed by atoms with Gasteiger partial charge in [0, 0.05) is 48.0 Å². The van der Waals surface area contributed by atoms with Crippen molar-refractivity contribution in [3.8, 4) is 0 Å². The minimum atomic E-state index is -0.433. The molecule has 1 amide bonds. The molecule has 0 saturated carbocycles. The maximum Gasteiger partial charge on any atom is 0.269 e. The second-order valence-electron chi connectivity index (χ2n) is 4.99. The van der Waals surface area contributed by atoms with Crippen LogP contribution in [-0.4, -0.2) is 29.7 Å². The summed E-state index contributed by atoms with van der Waals surface area (Å²) in [6.45, 7) is 1.07. The van der Waals surface area contributed by atoms with E-state index in [9.17, 15) is 14.9 Å². The summed E-state index contributed by atoms with van der Waals surface area (Å²) in [5, 5.41) is 16.5. The minimum absolute atomic E-state index is 0.0175. The molecule has 0 heterocycles. The third-order valence-electron chi connectivity index (χ3n) is 3.20. The van der Waals surface area contributed by atoms with Gasteiger partial charge in [0.25, 0.3) is 5.69 Å². The van der Waals surface area contributed by atoms with E-state index in [-0.39, 0.29) is 11.6 Å². The number of amides is 1. The van der Waals surface area contributed by atoms with Gasteiger partial charge in [-0.15, -0.1) is 11.8 Å². The quantitative estimate of drug-likeness (QED) is 0.315. The molecule has 0 aliphatic carbocycles. The first-order valence-electron chi connectivity index (χ1n) is 7.58. The Balaban J connectivity index is 1.58. The van der Waals surface area contributed by atoms with Crippen molar-refractivity contribution >= 4 is 29.0 Å². The fraction of sp³-hybridized carbons (Fsp3) is 0.235. The number of hydrogen-bond donors (Lipinski definition) is 2. The fourth-order valence-corrected chi connectivity index (χ4v) is 2.85. The van der Waals surface area contributed by atoms with Gasteiger partial charge in [0.15, 0.2) is 0 Å². The molecule has 0 aliphatic rings. The first-order chi connectivity index (χ1) is 11.6. The van der Waals surface area contributed by atoms with Crippen LogP contribution >= 0.6 is 11.8 Å². The third-order valence-corrected chi connectivity index (χ3v) is 4.21. The molecule has 2 rings (SSSR count). The van der Waals surface area contributed by atoms with Gasteiger partial charge >= 0.3 is 0 Å². The highest BCUT2D eigenvalue weighted by atomic mass is 32.2. The zero-order chi connectivity index (χ0) is 17.2. The van der Waals surface area contributed by atoms with E-state index in [1.54, 1.807) is 23.9 Å². The molecule has 0 fully saturated rings. The normalized spacial score (nSPS) is 10.2. The lowest BCUT2D eigenvalue weighted by Gasteiger charge is -2.08. The van der Waals surface area contributed by atoms with Crippen LogP contribution in [0.5, 0.6) is 0 Å². The van der Waals surface area contributed by atoms with Crippen LogP contribution in [0.25, 0.3) is 0 Å². The molecule has 2 aromatic rings. The summed E-state index contributed by atoms with van der Waals surface area (Å²) in [7, 11) is 0. The Morgan fingerprint density at radius 2 is 1.75 bits per heavy atom. The second kappa shape index (κ2) is 9.57. The third kappa shape index (κ3) is 6.29. The van der Waals surface area contributed by atoms with Gasteiger partial charge in [-0.05, 0) is 24.3 Å². The highest BCUT2D eigenvalue weighted by molar-refractivity contribution is 7.99. The van der Waals surface area contributed by atoms with E-state index in [4.69, 9.17) is 0 Å². The second-order valence-corrected chi connectivity index (χ2v) is 6.16. The Morgan fingerprint density at radius 3 is 2.42 bits per heavy atom. The average Bonchev–Trinajstić information content (AvgIpc) is 2.60. The van der Waals surface area contributed by atoms with Crippen LogP contribution in [0.2, 0.25) is 0 Å². The SMILES string of the molecule is O=C(CCSc1ccccc1)NCCNc1ccc([N+](=O)[O-])cc1. The largest absolute Gasteiger partial charge is 0.383 e. The first kappa shape index (κ1) is 17.8. The van der Waals surface area contributed by atoms with E-state index in [1.807, 2.05) is 30.3 Å². The molecule has 0 atom stereocenters. The lowest BCUT2D eigenvalue weighted by atomic mass is 10.3. The molecule has 0 aliphatic heterocycles. The van der Waals surface area contributed by atoms with E-state index < -0.39 is 4.92 Å². The summed E-state index contributed by atoms with van der Waals surface area (Å²) in [5.74, 6) is 0.759. The van der Waals surface area contributed by atoms with Crippen molar-refractivity contribution in [2.45, 2.75) is 11.3 Å². The number of carbonyl (C=O) groups excluding carboxylic acids is 1. The van der Waals surface area contributed by atoms with Crippen LogP contribution in [0.3, 0.4) is 0 Å². The van der Waals surface area contributed by atoms with E-state index in [0.29, 0.717) is 19.5 Å². The summed E-state index contributed by atoms with van der Waals surface area (Å²) in [4.78, 5) is 23.0. The Kier molecular flexibility index (Phi) is 7.10. The Labute approximate surface area is 144 Å². The van der Waals surface area contributed by atoms with Crippen molar-refractivity contribution < 1.29 is 9.72 Å². The van der Waals surface area contributed by atoms with Crippen LogP contribution in [0.4, 0.5) is 11.4 Å². The van der Waals surface area contributed by atoms with Gasteiger partial charge in [0.05, 0.1) is 4.92 Å². The molecular formula is C17H19N3O3S. The Morgan fingerprint density at radius 1 is 1.04 bits per heavy atom. The number of rotatable bonds is 9. The van der Waals surface area contributed by atoms with Crippen molar-refractivity contribution in [1.82, 2.24) is 5.32 Å². The number of carbonyl (C=O) groups is 1. The monoisotopic (exact) mass is 345 g/mol. The Hall–Kier alpha value is -2.54. The smallest absolute Gasteiger partial charge is 0.269 e. The van der Waals surface area contributed by atoms with Gasteiger partial charge in [-0.1, -0.05) is 18.2 Å². The predicted octanol–water partition coefficient (Wildman–Crippen LogP) is 3.31. The van der Waals surface area contributed by atoms with Gasteiger partial charge in [-0.2, -0.15) is 0 Å². The highest BCUT2D eigenvalue weighted by Gasteiger charge is 2.04. The number of anilines is 1. The fourth-order valence-electron chi connectivity index (χ4n) is 1.98. The lowest BCUT2D eigenvalue weighted by Crippen LogP contribution is -2.28. The van der Waals surface area contributed by atoms with Crippen LogP contribution in [0, 0.1) is 10.1 Å². The summed E-state index contributed by atoms with van der Waals surface area (Å²) in [5.41, 5.74) is 0.847. The molecule has 2 aromatic carbocycles. The number of benzene rings is 2. The molecular weight excluding hydrogens is 326 g/mol. The maximum absolute atomic E-state index is 11.7. The van der Waals surface area contributed by atoms with Crippen LogP contribution < -0.4 is 10.6 Å². The number of nitro benzene ring substituents is 1. The van der Waals surface area contributed by atoms with E-state index in [0.717, 1.165) is 16.3 Å². The molecule has 0 unspecified atom stereocenters. The molecule has 0 radical (unpaired) electrons. The summed E-state index contributed by atoms with van der Waals surface area (Å²) >= 11 is 1.66. The Bertz CT molecular complexity index is 663. The number of nitro groups is 1. The number of nitrogens with zero attached hydrogens (tertiary/aromatic N) is 1. The summed E-state index contributed by atoms with van der Waals surface area (Å²) < 4.78 is 0. The zero-order valence-electron chi connectivity index (χ0n) is 13.1. The molecule has 0 aromatic heterocycles. The molecule has 7 heteroatoms. The molecule has 6 nitrogen and oxygen atoms in total. The summed E-state index contributed by atoms with van der Waals surface area (Å²) in [6.07, 6.45) is 0.469. The number of non-ortho nitro benzene ring substituents is 1. The van der Waals surface area contributed by atoms with E-state index in [1.165, 1.54) is 12.1 Å². The zero-order valence-corrected chi connectivity index (χ0v) is 13.9. The number of thioether (sulfide) groups is 1. The van der Waals surface area contributed by atoms with Gasteiger partial charge in [-0.25, -0.2) is 0 Å². The van der Waals surface area contributed by atoms with Crippen molar-refractivity contribution in [3.05, 3.63) is 64.7 Å².